The van der Waals surface area contributed by atoms with Gasteiger partial charge in [0.1, 0.15) is 0 Å². The number of hydrogen-bond donors (Lipinski definition) is 0. The van der Waals surface area contributed by atoms with Crippen LogP contribution in [-0.2, 0) is 4.74 Å². The zero-order valence-electron chi connectivity index (χ0n) is 11.1. The first-order valence-corrected chi connectivity index (χ1v) is 7.14. The van der Waals surface area contributed by atoms with Gasteiger partial charge >= 0.3 is 0 Å². The highest BCUT2D eigenvalue weighted by Crippen LogP contribution is 2.19. The summed E-state index contributed by atoms with van der Waals surface area (Å²) < 4.78 is 5.91. The van der Waals surface area contributed by atoms with Gasteiger partial charge in [0.25, 0.3) is 0 Å². The van der Waals surface area contributed by atoms with Crippen LogP contribution in [0.4, 0.5) is 0 Å². The summed E-state index contributed by atoms with van der Waals surface area (Å²) in [5, 5.41) is 0. The van der Waals surface area contributed by atoms with Crippen molar-refractivity contribution in [2.75, 3.05) is 0 Å². The van der Waals surface area contributed by atoms with Crippen LogP contribution in [0, 0.1) is 0 Å². The quantitative estimate of drug-likeness (QED) is 0.598. The number of ether oxygens (including phenoxy) is 1. The van der Waals surface area contributed by atoms with Gasteiger partial charge in [-0.05, 0) is 44.6 Å². The minimum absolute atomic E-state index is 0.486. The molecule has 1 saturated carbocycles. The van der Waals surface area contributed by atoms with Gasteiger partial charge in [-0.15, -0.1) is 0 Å². The molecule has 16 heavy (non-hydrogen) atoms. The topological polar surface area (TPSA) is 9.23 Å². The van der Waals surface area contributed by atoms with Gasteiger partial charge in [-0.1, -0.05) is 39.0 Å². The zero-order valence-corrected chi connectivity index (χ0v) is 11.1. The second-order valence-electron chi connectivity index (χ2n) is 5.13. The molecule has 0 amide bonds. The van der Waals surface area contributed by atoms with E-state index in [1.807, 2.05) is 6.26 Å². The van der Waals surface area contributed by atoms with Gasteiger partial charge in [0.05, 0.1) is 12.4 Å². The van der Waals surface area contributed by atoms with Crippen molar-refractivity contribution < 1.29 is 4.74 Å². The molecule has 0 aromatic rings. The van der Waals surface area contributed by atoms with Crippen molar-refractivity contribution in [1.29, 1.82) is 0 Å². The lowest BCUT2D eigenvalue weighted by Gasteiger charge is -2.18. The number of rotatable bonds is 3. The molecule has 94 valence electrons. The molecule has 0 atom stereocenters. The van der Waals surface area contributed by atoms with Crippen LogP contribution < -0.4 is 0 Å². The van der Waals surface area contributed by atoms with Gasteiger partial charge in [0.15, 0.2) is 0 Å². The first-order chi connectivity index (χ1) is 7.83. The molecule has 0 aromatic carbocycles. The van der Waals surface area contributed by atoms with E-state index in [0.717, 1.165) is 6.42 Å². The van der Waals surface area contributed by atoms with Crippen molar-refractivity contribution in [3.05, 3.63) is 11.8 Å². The van der Waals surface area contributed by atoms with Gasteiger partial charge in [-0.25, -0.2) is 0 Å². The van der Waals surface area contributed by atoms with Gasteiger partial charge < -0.3 is 4.74 Å². The molecule has 1 nitrogen and oxygen atoms in total. The second-order valence-corrected chi connectivity index (χ2v) is 5.13. The van der Waals surface area contributed by atoms with Crippen molar-refractivity contribution in [3.63, 3.8) is 0 Å². The van der Waals surface area contributed by atoms with Crippen LogP contribution in [0.3, 0.4) is 0 Å². The summed E-state index contributed by atoms with van der Waals surface area (Å²) in [6, 6.07) is 0. The summed E-state index contributed by atoms with van der Waals surface area (Å²) >= 11 is 0. The highest BCUT2D eigenvalue weighted by molar-refractivity contribution is 4.91. The second kappa shape index (κ2) is 8.66. The molecule has 1 aliphatic carbocycles. The molecule has 0 heterocycles. The average molecular weight is 224 g/mol. The minimum atomic E-state index is 0.486. The van der Waals surface area contributed by atoms with Crippen LogP contribution in [0.15, 0.2) is 11.8 Å². The molecule has 0 bridgehead atoms. The number of hydrogen-bond acceptors (Lipinski definition) is 1. The van der Waals surface area contributed by atoms with Crippen LogP contribution in [0.2, 0.25) is 0 Å². The summed E-state index contributed by atoms with van der Waals surface area (Å²) in [5.74, 6) is 0. The Bertz CT molecular complexity index is 186. The normalized spacial score (nSPS) is 21.8. The largest absolute Gasteiger partial charge is 0.498 e. The molecular weight excluding hydrogens is 196 g/mol. The molecule has 0 aliphatic heterocycles. The third-order valence-corrected chi connectivity index (χ3v) is 3.57. The van der Waals surface area contributed by atoms with Crippen LogP contribution >= 0.6 is 0 Å². The van der Waals surface area contributed by atoms with E-state index in [0.29, 0.717) is 6.10 Å². The molecule has 0 saturated heterocycles. The van der Waals surface area contributed by atoms with E-state index in [1.54, 1.807) is 0 Å². The van der Waals surface area contributed by atoms with E-state index in [-0.39, 0.29) is 0 Å². The predicted molar refractivity (Wildman–Crippen MR) is 70.5 cm³/mol. The van der Waals surface area contributed by atoms with E-state index in [9.17, 15) is 0 Å². The molecule has 1 fully saturated rings. The van der Waals surface area contributed by atoms with Crippen LogP contribution in [0.5, 0.6) is 0 Å². The van der Waals surface area contributed by atoms with Gasteiger partial charge in [0.2, 0.25) is 0 Å². The van der Waals surface area contributed by atoms with Crippen molar-refractivity contribution >= 4 is 0 Å². The van der Waals surface area contributed by atoms with E-state index >= 15 is 0 Å². The predicted octanol–water partition coefficient (Wildman–Crippen LogP) is 5.21. The summed E-state index contributed by atoms with van der Waals surface area (Å²) in [5.41, 5.74) is 1.36. The summed E-state index contributed by atoms with van der Waals surface area (Å²) in [6.45, 7) is 4.34. The summed E-state index contributed by atoms with van der Waals surface area (Å²) in [4.78, 5) is 0. The molecule has 1 heteroatoms. The zero-order chi connectivity index (χ0) is 11.6. The first kappa shape index (κ1) is 13.6. The smallest absolute Gasteiger partial charge is 0.0978 e. The van der Waals surface area contributed by atoms with Crippen LogP contribution in [0.25, 0.3) is 0 Å². The van der Waals surface area contributed by atoms with E-state index in [2.05, 4.69) is 13.8 Å². The Morgan fingerprint density at radius 2 is 1.50 bits per heavy atom. The molecule has 0 spiro atoms. The molecule has 0 unspecified atom stereocenters. The summed E-state index contributed by atoms with van der Waals surface area (Å²) in [7, 11) is 0. The summed E-state index contributed by atoms with van der Waals surface area (Å²) in [6.07, 6.45) is 15.9. The Morgan fingerprint density at radius 3 is 2.00 bits per heavy atom. The molecule has 0 aromatic heterocycles. The van der Waals surface area contributed by atoms with Gasteiger partial charge in [-0.3, -0.25) is 0 Å². The lowest BCUT2D eigenvalue weighted by Crippen LogP contribution is -2.10. The SMILES string of the molecule is CCC(C)=COC1CCCCCCCCC1. The van der Waals surface area contributed by atoms with E-state index < -0.39 is 0 Å². The van der Waals surface area contributed by atoms with Gasteiger partial charge in [-0.2, -0.15) is 0 Å². The van der Waals surface area contributed by atoms with E-state index in [4.69, 9.17) is 4.74 Å². The molecule has 0 N–H and O–H groups in total. The molecule has 1 rings (SSSR count). The maximum Gasteiger partial charge on any atom is 0.0978 e. The van der Waals surface area contributed by atoms with Crippen LogP contribution in [0.1, 0.15) is 78.1 Å². The monoisotopic (exact) mass is 224 g/mol. The fourth-order valence-corrected chi connectivity index (χ4v) is 2.20. The Balaban J connectivity index is 2.30. The van der Waals surface area contributed by atoms with Crippen molar-refractivity contribution in [1.82, 2.24) is 0 Å². The lowest BCUT2D eigenvalue weighted by molar-refractivity contribution is 0.117. The highest BCUT2D eigenvalue weighted by Gasteiger charge is 2.09. The van der Waals surface area contributed by atoms with Crippen molar-refractivity contribution in [3.8, 4) is 0 Å². The van der Waals surface area contributed by atoms with E-state index in [1.165, 1.54) is 63.4 Å². The standard InChI is InChI=1S/C15H28O/c1-3-14(2)13-16-15-11-9-7-5-4-6-8-10-12-15/h13,15H,3-12H2,1-2H3. The third kappa shape index (κ3) is 6.19. The third-order valence-electron chi connectivity index (χ3n) is 3.57. The Hall–Kier alpha value is -0.460. The fraction of sp³-hybridized carbons (Fsp3) is 0.867. The maximum absolute atomic E-state index is 5.91. The van der Waals surface area contributed by atoms with Crippen LogP contribution in [-0.4, -0.2) is 6.10 Å². The fourth-order valence-electron chi connectivity index (χ4n) is 2.20. The minimum Gasteiger partial charge on any atom is -0.498 e. The maximum atomic E-state index is 5.91. The molecule has 1 aliphatic rings. The molecule has 0 radical (unpaired) electrons. The van der Waals surface area contributed by atoms with Crippen molar-refractivity contribution in [2.24, 2.45) is 0 Å². The Morgan fingerprint density at radius 1 is 1.00 bits per heavy atom. The number of allylic oxidation sites excluding steroid dienone is 1. The van der Waals surface area contributed by atoms with Crippen molar-refractivity contribution in [2.45, 2.75) is 84.2 Å². The lowest BCUT2D eigenvalue weighted by atomic mass is 9.99. The van der Waals surface area contributed by atoms with Gasteiger partial charge in [0, 0.05) is 0 Å². The molecular formula is C15H28O. The average Bonchev–Trinajstić information content (AvgIpc) is 2.33. The highest BCUT2D eigenvalue weighted by atomic mass is 16.5. The Labute approximate surface area is 101 Å². The Kier molecular flexibility index (Phi) is 7.37. The first-order valence-electron chi connectivity index (χ1n) is 7.14.